The Bertz CT molecular complexity index is 779. The Labute approximate surface area is 143 Å². The summed E-state index contributed by atoms with van der Waals surface area (Å²) in [6.07, 6.45) is 0. The normalized spacial score (nSPS) is 11.3. The summed E-state index contributed by atoms with van der Waals surface area (Å²) in [5, 5.41) is 4.15. The lowest BCUT2D eigenvalue weighted by Crippen LogP contribution is -2.25. The van der Waals surface area contributed by atoms with Gasteiger partial charge in [0, 0.05) is 0 Å². The average Bonchev–Trinajstić information content (AvgIpc) is 2.56. The largest absolute Gasteiger partial charge is 0.483 e. The summed E-state index contributed by atoms with van der Waals surface area (Å²) in [6.45, 7) is 9.88. The van der Waals surface area contributed by atoms with E-state index in [1.165, 1.54) is 11.1 Å². The molecule has 0 bridgehead atoms. The van der Waals surface area contributed by atoms with Crippen LogP contribution in [0.2, 0.25) is 0 Å². The van der Waals surface area contributed by atoms with E-state index in [0.717, 1.165) is 28.2 Å². The first-order chi connectivity index (χ1) is 11.4. The Hall–Kier alpha value is -2.62. The molecule has 0 aliphatic rings. The highest BCUT2D eigenvalue weighted by molar-refractivity contribution is 5.99. The molecule has 0 heterocycles. The van der Waals surface area contributed by atoms with Crippen molar-refractivity contribution in [3.05, 3.63) is 64.2 Å². The van der Waals surface area contributed by atoms with Crippen molar-refractivity contribution in [2.45, 2.75) is 34.6 Å². The van der Waals surface area contributed by atoms with Crippen molar-refractivity contribution in [3.63, 3.8) is 0 Å². The molecule has 24 heavy (non-hydrogen) atoms. The number of amides is 1. The van der Waals surface area contributed by atoms with Crippen molar-refractivity contribution in [3.8, 4) is 5.75 Å². The summed E-state index contributed by atoms with van der Waals surface area (Å²) in [5.74, 6) is 0.444. The summed E-state index contributed by atoms with van der Waals surface area (Å²) in [6, 6.07) is 12.0. The van der Waals surface area contributed by atoms with Crippen molar-refractivity contribution < 1.29 is 9.53 Å². The van der Waals surface area contributed by atoms with Crippen molar-refractivity contribution in [1.82, 2.24) is 5.43 Å². The van der Waals surface area contributed by atoms with E-state index in [-0.39, 0.29) is 12.5 Å². The van der Waals surface area contributed by atoms with Gasteiger partial charge in [-0.3, -0.25) is 4.79 Å². The molecule has 2 aromatic carbocycles. The molecular formula is C20H24N2O2. The van der Waals surface area contributed by atoms with Gasteiger partial charge >= 0.3 is 0 Å². The van der Waals surface area contributed by atoms with Crippen LogP contribution >= 0.6 is 0 Å². The zero-order chi connectivity index (χ0) is 17.7. The minimum absolute atomic E-state index is 0.0615. The third kappa shape index (κ3) is 4.69. The molecule has 4 nitrogen and oxygen atoms in total. The van der Waals surface area contributed by atoms with E-state index >= 15 is 0 Å². The molecule has 0 atom stereocenters. The molecule has 0 saturated heterocycles. The number of hydrazone groups is 1. The quantitative estimate of drug-likeness (QED) is 0.671. The van der Waals surface area contributed by atoms with Gasteiger partial charge in [-0.25, -0.2) is 5.43 Å². The van der Waals surface area contributed by atoms with E-state index in [9.17, 15) is 4.79 Å². The van der Waals surface area contributed by atoms with Gasteiger partial charge in [0.2, 0.25) is 0 Å². The second kappa shape index (κ2) is 7.77. The molecule has 4 heteroatoms. The highest BCUT2D eigenvalue weighted by Crippen LogP contribution is 2.18. The van der Waals surface area contributed by atoms with Crippen LogP contribution in [0.3, 0.4) is 0 Å². The number of benzene rings is 2. The molecule has 2 aromatic rings. The minimum Gasteiger partial charge on any atom is -0.483 e. The maximum Gasteiger partial charge on any atom is 0.277 e. The number of carbonyl (C=O) groups is 1. The Kier molecular flexibility index (Phi) is 5.74. The zero-order valence-electron chi connectivity index (χ0n) is 14.9. The molecule has 126 valence electrons. The predicted octanol–water partition coefficient (Wildman–Crippen LogP) is 3.84. The SMILES string of the molecule is CC(=NNC(=O)COc1cc(C)ccc1C)c1ccc(C)c(C)c1. The van der Waals surface area contributed by atoms with Gasteiger partial charge < -0.3 is 4.74 Å². The lowest BCUT2D eigenvalue weighted by molar-refractivity contribution is -0.123. The van der Waals surface area contributed by atoms with Crippen LogP contribution in [-0.4, -0.2) is 18.2 Å². The van der Waals surface area contributed by atoms with E-state index in [1.807, 2.05) is 45.0 Å². The number of aryl methyl sites for hydroxylation is 4. The first-order valence-corrected chi connectivity index (χ1v) is 7.97. The van der Waals surface area contributed by atoms with Gasteiger partial charge in [0.15, 0.2) is 6.61 Å². The molecule has 0 radical (unpaired) electrons. The molecule has 0 aliphatic carbocycles. The zero-order valence-corrected chi connectivity index (χ0v) is 14.9. The monoisotopic (exact) mass is 324 g/mol. The standard InChI is InChI=1S/C20H24N2O2/c1-13-6-7-15(3)19(10-13)24-12-20(23)22-21-17(5)18-9-8-14(2)16(4)11-18/h6-11H,12H2,1-5H3,(H,22,23). The van der Waals surface area contributed by atoms with Gasteiger partial charge in [0.05, 0.1) is 5.71 Å². The third-order valence-electron chi connectivity index (χ3n) is 3.98. The highest BCUT2D eigenvalue weighted by atomic mass is 16.5. The summed E-state index contributed by atoms with van der Waals surface area (Å²) in [4.78, 5) is 11.9. The maximum atomic E-state index is 11.9. The average molecular weight is 324 g/mol. The van der Waals surface area contributed by atoms with Crippen LogP contribution in [0.25, 0.3) is 0 Å². The molecule has 0 unspecified atom stereocenters. The van der Waals surface area contributed by atoms with Gasteiger partial charge in [-0.2, -0.15) is 5.10 Å². The second-order valence-electron chi connectivity index (χ2n) is 6.09. The van der Waals surface area contributed by atoms with Crippen LogP contribution in [0.4, 0.5) is 0 Å². The van der Waals surface area contributed by atoms with E-state index in [2.05, 4.69) is 36.5 Å². The van der Waals surface area contributed by atoms with E-state index in [0.29, 0.717) is 0 Å². The number of rotatable bonds is 5. The van der Waals surface area contributed by atoms with Gasteiger partial charge in [0.25, 0.3) is 5.91 Å². The number of ether oxygens (including phenoxy) is 1. The molecule has 2 rings (SSSR count). The van der Waals surface area contributed by atoms with E-state index in [4.69, 9.17) is 4.74 Å². The molecule has 0 aliphatic heterocycles. The lowest BCUT2D eigenvalue weighted by Gasteiger charge is -2.09. The van der Waals surface area contributed by atoms with Crippen molar-refractivity contribution in [2.24, 2.45) is 5.10 Å². The van der Waals surface area contributed by atoms with Gasteiger partial charge in [-0.15, -0.1) is 0 Å². The van der Waals surface area contributed by atoms with Crippen LogP contribution in [0.15, 0.2) is 41.5 Å². The van der Waals surface area contributed by atoms with Crippen molar-refractivity contribution in [2.75, 3.05) is 6.61 Å². The number of nitrogens with zero attached hydrogens (tertiary/aromatic N) is 1. The van der Waals surface area contributed by atoms with Gasteiger partial charge in [-0.05, 0) is 74.6 Å². The van der Waals surface area contributed by atoms with Crippen molar-refractivity contribution >= 4 is 11.6 Å². The smallest absolute Gasteiger partial charge is 0.277 e. The van der Waals surface area contributed by atoms with Crippen LogP contribution in [0, 0.1) is 27.7 Å². The molecule has 0 saturated carbocycles. The summed E-state index contributed by atoms with van der Waals surface area (Å²) >= 11 is 0. The number of nitrogens with one attached hydrogen (secondary N) is 1. The van der Waals surface area contributed by atoms with Crippen LogP contribution in [0.1, 0.15) is 34.7 Å². The topological polar surface area (TPSA) is 50.7 Å². The molecule has 1 amide bonds. The predicted molar refractivity (Wildman–Crippen MR) is 97.7 cm³/mol. The molecular weight excluding hydrogens is 300 g/mol. The van der Waals surface area contributed by atoms with Crippen LogP contribution in [0.5, 0.6) is 5.75 Å². The number of hydrogen-bond donors (Lipinski definition) is 1. The Morgan fingerprint density at radius 1 is 1.00 bits per heavy atom. The fourth-order valence-electron chi connectivity index (χ4n) is 2.22. The Morgan fingerprint density at radius 2 is 1.71 bits per heavy atom. The Morgan fingerprint density at radius 3 is 2.42 bits per heavy atom. The lowest BCUT2D eigenvalue weighted by atomic mass is 10.0. The fraction of sp³-hybridized carbons (Fsp3) is 0.300. The Balaban J connectivity index is 1.94. The number of hydrogen-bond acceptors (Lipinski definition) is 3. The molecule has 1 N–H and O–H groups in total. The maximum absolute atomic E-state index is 11.9. The van der Waals surface area contributed by atoms with Crippen LogP contribution in [-0.2, 0) is 4.79 Å². The third-order valence-corrected chi connectivity index (χ3v) is 3.98. The number of carbonyl (C=O) groups excluding carboxylic acids is 1. The molecule has 0 spiro atoms. The molecule has 0 aromatic heterocycles. The summed E-state index contributed by atoms with van der Waals surface area (Å²) in [7, 11) is 0. The van der Waals surface area contributed by atoms with Crippen LogP contribution < -0.4 is 10.2 Å². The first-order valence-electron chi connectivity index (χ1n) is 7.97. The van der Waals surface area contributed by atoms with Crippen molar-refractivity contribution in [1.29, 1.82) is 0 Å². The van der Waals surface area contributed by atoms with E-state index < -0.39 is 0 Å². The summed E-state index contributed by atoms with van der Waals surface area (Å²) < 4.78 is 5.57. The first kappa shape index (κ1) is 17.7. The second-order valence-corrected chi connectivity index (χ2v) is 6.09. The minimum atomic E-state index is -0.279. The van der Waals surface area contributed by atoms with Gasteiger partial charge in [0.1, 0.15) is 5.75 Å². The molecule has 0 fully saturated rings. The fourth-order valence-corrected chi connectivity index (χ4v) is 2.22. The van der Waals surface area contributed by atoms with Gasteiger partial charge in [-0.1, -0.05) is 24.3 Å². The summed E-state index contributed by atoms with van der Waals surface area (Å²) in [5.41, 5.74) is 8.83. The highest BCUT2D eigenvalue weighted by Gasteiger charge is 2.06. The van der Waals surface area contributed by atoms with E-state index in [1.54, 1.807) is 0 Å².